The van der Waals surface area contributed by atoms with E-state index in [1.165, 1.54) is 148 Å². The van der Waals surface area contributed by atoms with Gasteiger partial charge in [-0.15, -0.1) is 0 Å². The monoisotopic (exact) mass is 567 g/mol. The summed E-state index contributed by atoms with van der Waals surface area (Å²) in [6.45, 7) is 4.63. The second-order valence-corrected chi connectivity index (χ2v) is 13.1. The molecule has 0 aromatic heterocycles. The Morgan fingerprint density at radius 3 is 0.900 bits per heavy atom. The van der Waals surface area contributed by atoms with Crippen LogP contribution in [0, 0.1) is 11.8 Å². The van der Waals surface area contributed by atoms with Crippen LogP contribution in [0.2, 0.25) is 0 Å². The van der Waals surface area contributed by atoms with Gasteiger partial charge in [0.25, 0.3) is 0 Å². The van der Waals surface area contributed by atoms with Crippen molar-refractivity contribution in [2.24, 2.45) is 11.8 Å². The lowest BCUT2D eigenvalue weighted by molar-refractivity contribution is -0.142. The minimum absolute atomic E-state index is 0.125. The molecule has 0 saturated heterocycles. The van der Waals surface area contributed by atoms with Crippen molar-refractivity contribution in [3.63, 3.8) is 0 Å². The zero-order chi connectivity index (χ0) is 29.5. The highest BCUT2D eigenvalue weighted by molar-refractivity contribution is 5.69. The Bertz CT molecular complexity index is 545. The van der Waals surface area contributed by atoms with Crippen LogP contribution in [0.4, 0.5) is 0 Å². The molecule has 0 aliphatic rings. The van der Waals surface area contributed by atoms with Crippen molar-refractivity contribution >= 4 is 11.9 Å². The summed E-state index contributed by atoms with van der Waals surface area (Å²) >= 11 is 0. The SMILES string of the molecule is CC(C)CCCCCCCCCCCCCC(CCCCCCCCCCCCCCCCCC(=O)O)C(=O)O. The van der Waals surface area contributed by atoms with Crippen LogP contribution >= 0.6 is 0 Å². The van der Waals surface area contributed by atoms with Crippen LogP contribution in [-0.4, -0.2) is 22.2 Å². The van der Waals surface area contributed by atoms with Gasteiger partial charge in [-0.05, 0) is 25.2 Å². The molecule has 0 aliphatic heterocycles. The molecule has 0 heterocycles. The Morgan fingerprint density at radius 2 is 0.650 bits per heavy atom. The van der Waals surface area contributed by atoms with E-state index in [9.17, 15) is 14.7 Å². The molecule has 0 aromatic rings. The summed E-state index contributed by atoms with van der Waals surface area (Å²) < 4.78 is 0. The van der Waals surface area contributed by atoms with Gasteiger partial charge >= 0.3 is 11.9 Å². The van der Waals surface area contributed by atoms with E-state index in [-0.39, 0.29) is 5.92 Å². The fourth-order valence-electron chi connectivity index (χ4n) is 5.89. The van der Waals surface area contributed by atoms with E-state index in [2.05, 4.69) is 13.8 Å². The molecule has 40 heavy (non-hydrogen) atoms. The zero-order valence-corrected chi connectivity index (χ0v) is 27.1. The predicted octanol–water partition coefficient (Wildman–Crippen LogP) is 12.1. The van der Waals surface area contributed by atoms with E-state index in [0.717, 1.165) is 44.4 Å². The van der Waals surface area contributed by atoms with Crippen LogP contribution in [0.1, 0.15) is 206 Å². The van der Waals surface area contributed by atoms with E-state index in [1.807, 2.05) is 0 Å². The molecular weight excluding hydrogens is 496 g/mol. The number of rotatable bonds is 33. The molecule has 0 aliphatic carbocycles. The maximum atomic E-state index is 11.7. The minimum atomic E-state index is -0.669. The smallest absolute Gasteiger partial charge is 0.306 e. The Balaban J connectivity index is 3.39. The van der Waals surface area contributed by atoms with Crippen molar-refractivity contribution < 1.29 is 19.8 Å². The summed E-state index contributed by atoms with van der Waals surface area (Å²) in [7, 11) is 0. The average Bonchev–Trinajstić information content (AvgIpc) is 2.91. The molecule has 0 spiro atoms. The van der Waals surface area contributed by atoms with Gasteiger partial charge in [0.15, 0.2) is 0 Å². The lowest BCUT2D eigenvalue weighted by atomic mass is 9.94. The molecule has 238 valence electrons. The lowest BCUT2D eigenvalue weighted by Gasteiger charge is -2.12. The van der Waals surface area contributed by atoms with E-state index in [0.29, 0.717) is 6.42 Å². The fraction of sp³-hybridized carbons (Fsp3) is 0.944. The third-order valence-corrected chi connectivity index (χ3v) is 8.63. The number of unbranched alkanes of at least 4 members (excludes halogenated alkanes) is 24. The topological polar surface area (TPSA) is 74.6 Å². The quantitative estimate of drug-likeness (QED) is 0.0775. The second-order valence-electron chi connectivity index (χ2n) is 13.1. The molecule has 0 saturated carbocycles. The molecule has 4 nitrogen and oxygen atoms in total. The molecule has 1 unspecified atom stereocenters. The van der Waals surface area contributed by atoms with Crippen molar-refractivity contribution in [3.8, 4) is 0 Å². The van der Waals surface area contributed by atoms with Gasteiger partial charge < -0.3 is 10.2 Å². The molecule has 0 amide bonds. The van der Waals surface area contributed by atoms with E-state index in [4.69, 9.17) is 5.11 Å². The van der Waals surface area contributed by atoms with Crippen molar-refractivity contribution in [3.05, 3.63) is 0 Å². The van der Waals surface area contributed by atoms with Crippen molar-refractivity contribution in [1.29, 1.82) is 0 Å². The van der Waals surface area contributed by atoms with Crippen LogP contribution in [0.5, 0.6) is 0 Å². The van der Waals surface area contributed by atoms with Crippen molar-refractivity contribution in [2.45, 2.75) is 206 Å². The molecule has 0 fully saturated rings. The van der Waals surface area contributed by atoms with E-state index < -0.39 is 11.9 Å². The van der Waals surface area contributed by atoms with Crippen LogP contribution in [-0.2, 0) is 9.59 Å². The summed E-state index contributed by atoms with van der Waals surface area (Å²) in [5.74, 6) is -0.519. The number of carboxylic acid groups (broad SMARTS) is 2. The van der Waals surface area contributed by atoms with Crippen LogP contribution in [0.3, 0.4) is 0 Å². The number of aliphatic carboxylic acids is 2. The Kier molecular flexibility index (Phi) is 30.1. The molecule has 0 radical (unpaired) electrons. The molecule has 4 heteroatoms. The van der Waals surface area contributed by atoms with Gasteiger partial charge in [-0.1, -0.05) is 181 Å². The summed E-state index contributed by atoms with van der Waals surface area (Å²) in [4.78, 5) is 22.1. The molecule has 0 rings (SSSR count). The van der Waals surface area contributed by atoms with Gasteiger partial charge in [0.1, 0.15) is 0 Å². The summed E-state index contributed by atoms with van der Waals surface area (Å²) in [5, 5.41) is 18.2. The zero-order valence-electron chi connectivity index (χ0n) is 27.1. The maximum absolute atomic E-state index is 11.7. The second kappa shape index (κ2) is 30.9. The number of carbonyl (C=O) groups is 2. The van der Waals surface area contributed by atoms with Crippen LogP contribution in [0.25, 0.3) is 0 Å². The van der Waals surface area contributed by atoms with Crippen molar-refractivity contribution in [2.75, 3.05) is 0 Å². The van der Waals surface area contributed by atoms with Gasteiger partial charge in [0.05, 0.1) is 5.92 Å². The standard InChI is InChI=1S/C36H70O4/c1-33(2)29-25-21-17-13-9-8-11-15-19-23-27-31-34(36(39)40)30-26-22-18-14-10-6-4-3-5-7-12-16-20-24-28-32-35(37)38/h33-34H,3-32H2,1-2H3,(H,37,38)(H,39,40). The molecule has 0 aromatic carbocycles. The Hall–Kier alpha value is -1.06. The molecule has 1 atom stereocenters. The maximum Gasteiger partial charge on any atom is 0.306 e. The first-order valence-corrected chi connectivity index (χ1v) is 17.9. The number of carboxylic acids is 2. The van der Waals surface area contributed by atoms with E-state index in [1.54, 1.807) is 0 Å². The van der Waals surface area contributed by atoms with Gasteiger partial charge in [-0.25, -0.2) is 0 Å². The van der Waals surface area contributed by atoms with E-state index >= 15 is 0 Å². The third kappa shape index (κ3) is 31.5. The molecular formula is C36H70O4. The average molecular weight is 567 g/mol. The highest BCUT2D eigenvalue weighted by atomic mass is 16.4. The first-order valence-electron chi connectivity index (χ1n) is 17.9. The number of hydrogen-bond acceptors (Lipinski definition) is 2. The first-order chi connectivity index (χ1) is 19.4. The Labute approximate surface area is 249 Å². The highest BCUT2D eigenvalue weighted by Crippen LogP contribution is 2.20. The van der Waals surface area contributed by atoms with Gasteiger partial charge in [0, 0.05) is 6.42 Å². The lowest BCUT2D eigenvalue weighted by Crippen LogP contribution is -2.13. The van der Waals surface area contributed by atoms with Crippen LogP contribution < -0.4 is 0 Å². The normalized spacial score (nSPS) is 12.3. The predicted molar refractivity (Wildman–Crippen MR) is 172 cm³/mol. The van der Waals surface area contributed by atoms with Gasteiger partial charge in [-0.2, -0.15) is 0 Å². The summed E-state index contributed by atoms with van der Waals surface area (Å²) in [6, 6.07) is 0. The number of hydrogen-bond donors (Lipinski definition) is 2. The first kappa shape index (κ1) is 38.9. The summed E-state index contributed by atoms with van der Waals surface area (Å²) in [6.07, 6.45) is 36.5. The van der Waals surface area contributed by atoms with Gasteiger partial charge in [-0.3, -0.25) is 9.59 Å². The molecule has 0 bridgehead atoms. The highest BCUT2D eigenvalue weighted by Gasteiger charge is 2.16. The largest absolute Gasteiger partial charge is 0.481 e. The van der Waals surface area contributed by atoms with Crippen molar-refractivity contribution in [1.82, 2.24) is 0 Å². The van der Waals surface area contributed by atoms with Gasteiger partial charge in [0.2, 0.25) is 0 Å². The minimum Gasteiger partial charge on any atom is -0.481 e. The summed E-state index contributed by atoms with van der Waals surface area (Å²) in [5.41, 5.74) is 0. The Morgan fingerprint density at radius 1 is 0.400 bits per heavy atom. The fourth-order valence-corrected chi connectivity index (χ4v) is 5.89. The third-order valence-electron chi connectivity index (χ3n) is 8.63. The van der Waals surface area contributed by atoms with Crippen LogP contribution in [0.15, 0.2) is 0 Å². The molecule has 2 N–H and O–H groups in total.